The van der Waals surface area contributed by atoms with E-state index in [0.717, 1.165) is 40.4 Å². The summed E-state index contributed by atoms with van der Waals surface area (Å²) >= 11 is 3.22. The molecular formula is C41H64N6O4S2. The monoisotopic (exact) mass is 768 g/mol. The molecule has 2 heterocycles. The second kappa shape index (κ2) is 18.9. The van der Waals surface area contributed by atoms with Gasteiger partial charge in [0, 0.05) is 60.1 Å². The van der Waals surface area contributed by atoms with Gasteiger partial charge in [-0.05, 0) is 144 Å². The van der Waals surface area contributed by atoms with Crippen LogP contribution in [0.3, 0.4) is 0 Å². The van der Waals surface area contributed by atoms with Crippen molar-refractivity contribution in [1.29, 1.82) is 0 Å². The number of nitrogens with one attached hydrogen (secondary N) is 1. The van der Waals surface area contributed by atoms with E-state index < -0.39 is 5.97 Å². The first-order valence-electron chi connectivity index (χ1n) is 19.3. The summed E-state index contributed by atoms with van der Waals surface area (Å²) in [7, 11) is 8.65. The fourth-order valence-electron chi connectivity index (χ4n) is 8.37. The van der Waals surface area contributed by atoms with Gasteiger partial charge in [-0.25, -0.2) is 4.79 Å². The summed E-state index contributed by atoms with van der Waals surface area (Å²) in [6, 6.07) is 2.43. The normalized spacial score (nSPS) is 22.2. The number of amides is 1. The molecule has 5 rings (SSSR count). The number of hydrogen-bond donors (Lipinski definition) is 3. The van der Waals surface area contributed by atoms with Gasteiger partial charge >= 0.3 is 5.97 Å². The molecule has 0 saturated heterocycles. The van der Waals surface area contributed by atoms with Gasteiger partial charge in [-0.1, -0.05) is 5.57 Å². The minimum Gasteiger partial charge on any atom is -0.478 e. The van der Waals surface area contributed by atoms with E-state index in [-0.39, 0.29) is 18.2 Å². The number of carbonyl (C=O) groups is 3. The number of nitrogens with zero attached hydrogens (tertiary/aromatic N) is 4. The van der Waals surface area contributed by atoms with Crippen molar-refractivity contribution in [2.24, 2.45) is 5.73 Å². The number of hydrogen-bond acceptors (Lipinski definition) is 10. The van der Waals surface area contributed by atoms with Crippen LogP contribution >= 0.6 is 22.7 Å². The smallest absolute Gasteiger partial charge is 0.336 e. The van der Waals surface area contributed by atoms with E-state index in [0.29, 0.717) is 53.0 Å². The predicted octanol–water partition coefficient (Wildman–Crippen LogP) is 7.46. The Morgan fingerprint density at radius 2 is 1.15 bits per heavy atom. The lowest BCUT2D eigenvalue weighted by atomic mass is 9.89. The highest BCUT2D eigenvalue weighted by Gasteiger charge is 2.31. The molecule has 0 aliphatic heterocycles. The zero-order chi connectivity index (χ0) is 39.1. The molecule has 0 bridgehead atoms. The number of nitrogens with two attached hydrogens (primary N) is 1. The highest BCUT2D eigenvalue weighted by Crippen LogP contribution is 2.38. The van der Waals surface area contributed by atoms with Gasteiger partial charge in [0.05, 0.1) is 26.8 Å². The number of aromatic carboxylic acids is 1. The summed E-state index contributed by atoms with van der Waals surface area (Å²) in [4.78, 5) is 46.3. The molecule has 0 spiro atoms. The van der Waals surface area contributed by atoms with Crippen molar-refractivity contribution >= 4 is 50.3 Å². The average Bonchev–Trinajstić information content (AvgIpc) is 3.70. The Bertz CT molecular complexity index is 1660. The highest BCUT2D eigenvalue weighted by atomic mass is 32.1. The van der Waals surface area contributed by atoms with Crippen LogP contribution in [0.4, 0.5) is 10.0 Å². The van der Waals surface area contributed by atoms with Gasteiger partial charge in [0.25, 0.3) is 5.91 Å². The molecule has 0 atom stereocenters. The van der Waals surface area contributed by atoms with Crippen LogP contribution in [0.15, 0.2) is 33.2 Å². The molecule has 53 heavy (non-hydrogen) atoms. The molecule has 3 aliphatic carbocycles. The maximum Gasteiger partial charge on any atom is 0.336 e. The fourth-order valence-corrected chi connectivity index (χ4v) is 10.8. The van der Waals surface area contributed by atoms with E-state index >= 15 is 0 Å². The molecule has 12 heteroatoms. The zero-order valence-corrected chi connectivity index (χ0v) is 35.4. The van der Waals surface area contributed by atoms with Crippen LogP contribution in [0.2, 0.25) is 0 Å². The standard InChI is InChI=1S/C25H38N4O2S.C16H26N2O2S/c1-7-29(19-10-8-18(9-11-19)28(5)6)25-17(4)21(14-32-25)24(31)27-13-20-15(2)12-16(3)22(26)23(20)30;1-5-18(13-8-6-12(7-9-13)17(3)4)15-11(2)14(10-21-15)16(19)20/h14,18-19H,7-13,26H2,1-6H3,(H,27,31);10,12-13H,5-9H2,1-4H3,(H,19,20). The van der Waals surface area contributed by atoms with Crippen LogP contribution < -0.4 is 20.9 Å². The molecule has 0 aromatic carbocycles. The van der Waals surface area contributed by atoms with Crippen LogP contribution in [0, 0.1) is 13.8 Å². The number of carbonyl (C=O) groups excluding carboxylic acids is 2. The van der Waals surface area contributed by atoms with Crippen LogP contribution in [0.5, 0.6) is 0 Å². The van der Waals surface area contributed by atoms with Crippen LogP contribution in [-0.4, -0.2) is 105 Å². The molecule has 0 radical (unpaired) electrons. The van der Waals surface area contributed by atoms with Crippen molar-refractivity contribution in [3.8, 4) is 0 Å². The Labute approximate surface area is 326 Å². The lowest BCUT2D eigenvalue weighted by Gasteiger charge is -2.39. The second-order valence-corrected chi connectivity index (χ2v) is 17.2. The van der Waals surface area contributed by atoms with Crippen LogP contribution in [0.25, 0.3) is 0 Å². The van der Waals surface area contributed by atoms with Crippen molar-refractivity contribution in [3.63, 3.8) is 0 Å². The third kappa shape index (κ3) is 9.92. The van der Waals surface area contributed by atoms with Crippen molar-refractivity contribution < 1.29 is 19.5 Å². The number of carboxylic acids is 1. The van der Waals surface area contributed by atoms with E-state index in [2.05, 4.69) is 67.0 Å². The Kier molecular flexibility index (Phi) is 15.2. The zero-order valence-electron chi connectivity index (χ0n) is 33.8. The SMILES string of the molecule is CCN(c1scc(C(=O)NCC2=C(C)CC(C)=C(N)C2=O)c1C)C1CCC(N(C)C)CC1.CCN(c1scc(C(=O)O)c1C)C1CCC(N(C)C)CC1. The van der Waals surface area contributed by atoms with Crippen molar-refractivity contribution in [2.75, 3.05) is 57.6 Å². The van der Waals surface area contributed by atoms with Gasteiger partial charge in [0.15, 0.2) is 0 Å². The largest absolute Gasteiger partial charge is 0.478 e. The minimum atomic E-state index is -0.817. The molecule has 1 amide bonds. The van der Waals surface area contributed by atoms with Gasteiger partial charge in [-0.3, -0.25) is 9.59 Å². The van der Waals surface area contributed by atoms with Gasteiger partial charge < -0.3 is 35.8 Å². The molecule has 294 valence electrons. The number of anilines is 2. The lowest BCUT2D eigenvalue weighted by Crippen LogP contribution is -2.42. The number of Topliss-reactive ketones (excluding diaryl/α,β-unsaturated/α-hetero) is 1. The summed E-state index contributed by atoms with van der Waals surface area (Å²) in [5.74, 6) is -1.10. The molecular weight excluding hydrogens is 705 g/mol. The third-order valence-electron chi connectivity index (χ3n) is 11.8. The molecule has 10 nitrogen and oxygen atoms in total. The molecule has 2 aromatic rings. The number of allylic oxidation sites excluding steroid dienone is 3. The van der Waals surface area contributed by atoms with Crippen LogP contribution in [0.1, 0.15) is 117 Å². The Balaban J connectivity index is 0.000000258. The van der Waals surface area contributed by atoms with E-state index in [9.17, 15) is 19.5 Å². The Hall–Kier alpha value is -3.19. The highest BCUT2D eigenvalue weighted by molar-refractivity contribution is 7.15. The summed E-state index contributed by atoms with van der Waals surface area (Å²) < 4.78 is 0. The van der Waals surface area contributed by atoms with E-state index in [4.69, 9.17) is 5.73 Å². The third-order valence-corrected chi connectivity index (χ3v) is 14.1. The Morgan fingerprint density at radius 1 is 0.736 bits per heavy atom. The molecule has 2 aromatic heterocycles. The number of rotatable bonds is 12. The molecule has 4 N–H and O–H groups in total. The van der Waals surface area contributed by atoms with E-state index in [1.165, 1.54) is 56.4 Å². The van der Waals surface area contributed by atoms with Crippen molar-refractivity contribution in [3.05, 3.63) is 55.4 Å². The van der Waals surface area contributed by atoms with Gasteiger partial charge in [0.2, 0.25) is 5.78 Å². The fraction of sp³-hybridized carbons (Fsp3) is 0.634. The number of thiophene rings is 2. The Morgan fingerprint density at radius 3 is 1.55 bits per heavy atom. The molecule has 2 saturated carbocycles. The quantitative estimate of drug-likeness (QED) is 0.202. The first kappa shape index (κ1) is 42.6. The minimum absolute atomic E-state index is 0.129. The molecule has 0 unspecified atom stereocenters. The number of carboxylic acid groups (broad SMARTS) is 1. The summed E-state index contributed by atoms with van der Waals surface area (Å²) in [6.45, 7) is 14.2. The van der Waals surface area contributed by atoms with Gasteiger partial charge in [-0.15, -0.1) is 22.7 Å². The molecule has 3 aliphatic rings. The predicted molar refractivity (Wildman–Crippen MR) is 222 cm³/mol. The lowest BCUT2D eigenvalue weighted by molar-refractivity contribution is -0.112. The summed E-state index contributed by atoms with van der Waals surface area (Å²) in [6.07, 6.45) is 10.3. The first-order valence-corrected chi connectivity index (χ1v) is 21.1. The maximum atomic E-state index is 13.0. The number of ketones is 1. The van der Waals surface area contributed by atoms with E-state index in [1.807, 2.05) is 33.1 Å². The second-order valence-electron chi connectivity index (χ2n) is 15.5. The maximum absolute atomic E-state index is 13.0. The van der Waals surface area contributed by atoms with Crippen LogP contribution in [-0.2, 0) is 4.79 Å². The first-order chi connectivity index (χ1) is 25.1. The topological polar surface area (TPSA) is 122 Å². The average molecular weight is 769 g/mol. The van der Waals surface area contributed by atoms with Gasteiger partial charge in [-0.2, -0.15) is 0 Å². The summed E-state index contributed by atoms with van der Waals surface area (Å²) in [5, 5.41) is 18.3. The van der Waals surface area contributed by atoms with Crippen molar-refractivity contribution in [2.45, 2.75) is 123 Å². The van der Waals surface area contributed by atoms with Crippen molar-refractivity contribution in [1.82, 2.24) is 15.1 Å². The van der Waals surface area contributed by atoms with E-state index in [1.54, 1.807) is 28.1 Å². The van der Waals surface area contributed by atoms with Gasteiger partial charge in [0.1, 0.15) is 0 Å². The summed E-state index contributed by atoms with van der Waals surface area (Å²) in [5.41, 5.74) is 11.9. The molecule has 2 fully saturated rings.